The van der Waals surface area contributed by atoms with E-state index in [2.05, 4.69) is 25.5 Å². The zero-order valence-electron chi connectivity index (χ0n) is 15.3. The number of nitrogens with one attached hydrogen (secondary N) is 2. The number of halogens is 3. The predicted molar refractivity (Wildman–Crippen MR) is 97.4 cm³/mol. The molecule has 1 atom stereocenters. The third-order valence-electron chi connectivity index (χ3n) is 4.20. The van der Waals surface area contributed by atoms with Crippen LogP contribution in [0, 0.1) is 13.8 Å². The van der Waals surface area contributed by atoms with Gasteiger partial charge in [-0.15, -0.1) is 13.2 Å². The third kappa shape index (κ3) is 4.24. The molecule has 9 heteroatoms. The summed E-state index contributed by atoms with van der Waals surface area (Å²) >= 11 is 0. The van der Waals surface area contributed by atoms with Crippen LogP contribution in [0.1, 0.15) is 23.9 Å². The molecule has 0 fully saturated rings. The van der Waals surface area contributed by atoms with Gasteiger partial charge in [0.2, 0.25) is 0 Å². The average molecular weight is 379 g/mol. The van der Waals surface area contributed by atoms with Gasteiger partial charge in [0.05, 0.1) is 17.6 Å². The first-order valence-corrected chi connectivity index (χ1v) is 8.23. The minimum Gasteiger partial charge on any atom is -0.406 e. The molecular formula is C18H20F3N5O. The molecule has 1 aromatic heterocycles. The summed E-state index contributed by atoms with van der Waals surface area (Å²) in [5.41, 5.74) is 3.54. The minimum absolute atomic E-state index is 0.273. The van der Waals surface area contributed by atoms with Crippen LogP contribution in [-0.2, 0) is 7.05 Å². The summed E-state index contributed by atoms with van der Waals surface area (Å²) in [5, 5.41) is 11.0. The van der Waals surface area contributed by atoms with Crippen LogP contribution in [0.4, 0.5) is 18.9 Å². The van der Waals surface area contributed by atoms with Crippen molar-refractivity contribution in [3.63, 3.8) is 0 Å². The zero-order valence-corrected chi connectivity index (χ0v) is 15.3. The standard InChI is InChI=1S/C18H20F3N5O/c1-11-16(12(2)26(4)25-11)15-9-22-10-17(3,24-15)23-13-5-7-14(8-6-13)27-18(19,20)21/h5-10,23-24H,1-4H3. The van der Waals surface area contributed by atoms with E-state index in [1.54, 1.807) is 17.1 Å². The quantitative estimate of drug-likeness (QED) is 0.850. The van der Waals surface area contributed by atoms with Gasteiger partial charge in [0.15, 0.2) is 0 Å². The van der Waals surface area contributed by atoms with Gasteiger partial charge in [-0.25, -0.2) is 0 Å². The maximum Gasteiger partial charge on any atom is 0.573 e. The minimum atomic E-state index is -4.71. The van der Waals surface area contributed by atoms with E-state index in [-0.39, 0.29) is 5.75 Å². The molecule has 2 aromatic rings. The van der Waals surface area contributed by atoms with Crippen molar-refractivity contribution in [2.45, 2.75) is 32.8 Å². The van der Waals surface area contributed by atoms with Gasteiger partial charge >= 0.3 is 6.36 Å². The van der Waals surface area contributed by atoms with E-state index in [1.165, 1.54) is 24.3 Å². The Hall–Kier alpha value is -2.97. The normalized spacial score (nSPS) is 19.4. The molecule has 27 heavy (non-hydrogen) atoms. The van der Waals surface area contributed by atoms with Crippen LogP contribution >= 0.6 is 0 Å². The number of ether oxygens (including phenoxy) is 1. The molecule has 1 unspecified atom stereocenters. The van der Waals surface area contributed by atoms with Crippen LogP contribution < -0.4 is 15.4 Å². The molecule has 2 heterocycles. The van der Waals surface area contributed by atoms with Gasteiger partial charge in [-0.1, -0.05) is 0 Å². The van der Waals surface area contributed by atoms with Crippen LogP contribution in [0.15, 0.2) is 35.5 Å². The van der Waals surface area contributed by atoms with Crippen LogP contribution in [0.3, 0.4) is 0 Å². The predicted octanol–water partition coefficient (Wildman–Crippen LogP) is 3.74. The molecule has 1 aliphatic heterocycles. The van der Waals surface area contributed by atoms with Crippen LogP contribution in [0.5, 0.6) is 5.75 Å². The Morgan fingerprint density at radius 2 is 1.85 bits per heavy atom. The van der Waals surface area contributed by atoms with E-state index in [4.69, 9.17) is 0 Å². The number of aliphatic imine (C=N–C) groups is 1. The lowest BCUT2D eigenvalue weighted by molar-refractivity contribution is -0.274. The Kier molecular flexibility index (Phi) is 4.63. The molecule has 0 saturated heterocycles. The molecule has 0 bridgehead atoms. The highest BCUT2D eigenvalue weighted by Crippen LogP contribution is 2.27. The molecule has 1 aliphatic rings. The van der Waals surface area contributed by atoms with Crippen LogP contribution in [0.25, 0.3) is 5.70 Å². The van der Waals surface area contributed by atoms with Gasteiger partial charge < -0.3 is 15.4 Å². The largest absolute Gasteiger partial charge is 0.573 e. The molecule has 144 valence electrons. The number of rotatable bonds is 4. The Morgan fingerprint density at radius 3 is 2.41 bits per heavy atom. The lowest BCUT2D eigenvalue weighted by Crippen LogP contribution is -2.51. The molecular weight excluding hydrogens is 359 g/mol. The first-order chi connectivity index (χ1) is 12.6. The van der Waals surface area contributed by atoms with Gasteiger partial charge in [0.1, 0.15) is 11.4 Å². The Bertz CT molecular complexity index is 899. The zero-order chi connectivity index (χ0) is 19.8. The van der Waals surface area contributed by atoms with Crippen molar-refractivity contribution in [1.82, 2.24) is 15.1 Å². The molecule has 0 radical (unpaired) electrons. The van der Waals surface area contributed by atoms with Gasteiger partial charge in [-0.05, 0) is 45.0 Å². The van der Waals surface area contributed by atoms with Crippen LogP contribution in [-0.4, -0.2) is 28.0 Å². The first kappa shape index (κ1) is 18.8. The van der Waals surface area contributed by atoms with Crippen molar-refractivity contribution in [2.75, 3.05) is 5.32 Å². The van der Waals surface area contributed by atoms with Crippen molar-refractivity contribution in [2.24, 2.45) is 12.0 Å². The third-order valence-corrected chi connectivity index (χ3v) is 4.20. The molecule has 0 amide bonds. The van der Waals surface area contributed by atoms with E-state index in [9.17, 15) is 13.2 Å². The fourth-order valence-corrected chi connectivity index (χ4v) is 3.00. The van der Waals surface area contributed by atoms with Gasteiger partial charge in [0.25, 0.3) is 0 Å². The molecule has 6 nitrogen and oxygen atoms in total. The van der Waals surface area contributed by atoms with Gasteiger partial charge in [-0.3, -0.25) is 9.67 Å². The van der Waals surface area contributed by atoms with E-state index < -0.39 is 12.0 Å². The van der Waals surface area contributed by atoms with Gasteiger partial charge in [-0.2, -0.15) is 5.10 Å². The summed E-state index contributed by atoms with van der Waals surface area (Å²) in [6.45, 7) is 5.78. The number of hydrogen-bond acceptors (Lipinski definition) is 5. The molecule has 3 rings (SSSR count). The second kappa shape index (κ2) is 6.64. The molecule has 2 N–H and O–H groups in total. The molecule has 0 saturated carbocycles. The highest BCUT2D eigenvalue weighted by Gasteiger charge is 2.31. The number of alkyl halides is 3. The summed E-state index contributed by atoms with van der Waals surface area (Å²) in [5.74, 6) is -0.273. The van der Waals surface area contributed by atoms with E-state index in [0.29, 0.717) is 5.69 Å². The number of aromatic nitrogens is 2. The van der Waals surface area contributed by atoms with Gasteiger partial charge in [0, 0.05) is 30.2 Å². The second-order valence-electron chi connectivity index (χ2n) is 6.51. The van der Waals surface area contributed by atoms with E-state index >= 15 is 0 Å². The number of aryl methyl sites for hydroxylation is 2. The van der Waals surface area contributed by atoms with Crippen molar-refractivity contribution < 1.29 is 17.9 Å². The number of anilines is 1. The Morgan fingerprint density at radius 1 is 1.19 bits per heavy atom. The summed E-state index contributed by atoms with van der Waals surface area (Å²) in [4.78, 5) is 4.32. The summed E-state index contributed by atoms with van der Waals surface area (Å²) in [7, 11) is 1.88. The topological polar surface area (TPSA) is 63.5 Å². The summed E-state index contributed by atoms with van der Waals surface area (Å²) in [6, 6.07) is 5.54. The van der Waals surface area contributed by atoms with Crippen molar-refractivity contribution in [1.29, 1.82) is 0 Å². The molecule has 0 aliphatic carbocycles. The van der Waals surface area contributed by atoms with E-state index in [0.717, 1.165) is 22.6 Å². The molecule has 1 aromatic carbocycles. The fourth-order valence-electron chi connectivity index (χ4n) is 3.00. The van der Waals surface area contributed by atoms with Crippen molar-refractivity contribution in [3.8, 4) is 5.75 Å². The second-order valence-corrected chi connectivity index (χ2v) is 6.51. The lowest BCUT2D eigenvalue weighted by Gasteiger charge is -2.33. The van der Waals surface area contributed by atoms with Crippen molar-refractivity contribution >= 4 is 17.6 Å². The SMILES string of the molecule is Cc1nn(C)c(C)c1C1=CN=CC(C)(Nc2ccc(OC(F)(F)F)cc2)N1. The summed E-state index contributed by atoms with van der Waals surface area (Å²) < 4.78 is 42.5. The monoisotopic (exact) mass is 379 g/mol. The molecule has 0 spiro atoms. The van der Waals surface area contributed by atoms with Crippen LogP contribution in [0.2, 0.25) is 0 Å². The maximum atomic E-state index is 12.3. The fraction of sp³-hybridized carbons (Fsp3) is 0.333. The average Bonchev–Trinajstić information content (AvgIpc) is 2.80. The first-order valence-electron chi connectivity index (χ1n) is 8.23. The maximum absolute atomic E-state index is 12.3. The lowest BCUT2D eigenvalue weighted by atomic mass is 10.1. The number of nitrogens with zero attached hydrogens (tertiary/aromatic N) is 3. The number of hydrogen-bond donors (Lipinski definition) is 2. The number of benzene rings is 1. The van der Waals surface area contributed by atoms with Crippen molar-refractivity contribution in [3.05, 3.63) is 47.4 Å². The highest BCUT2D eigenvalue weighted by atomic mass is 19.4. The van der Waals surface area contributed by atoms with E-state index in [1.807, 2.05) is 27.8 Å². The Labute approximate surface area is 154 Å². The Balaban J connectivity index is 1.76. The summed E-state index contributed by atoms with van der Waals surface area (Å²) in [6.07, 6.45) is -1.30. The smallest absolute Gasteiger partial charge is 0.406 e. The highest BCUT2D eigenvalue weighted by molar-refractivity contribution is 5.83.